The zero-order valence-corrected chi connectivity index (χ0v) is 11.5. The number of anilines is 1. The topological polar surface area (TPSA) is 51.1 Å². The number of alkyl halides is 4. The Bertz CT molecular complexity index is 445. The molecule has 0 bridgehead atoms. The normalized spacial score (nSPS) is 11.8. The first-order valence-electron chi connectivity index (χ1n) is 5.75. The summed E-state index contributed by atoms with van der Waals surface area (Å²) >= 11 is 5.62. The van der Waals surface area contributed by atoms with Crippen molar-refractivity contribution in [2.75, 3.05) is 24.6 Å². The second-order valence-electron chi connectivity index (χ2n) is 3.71. The van der Waals surface area contributed by atoms with Crippen LogP contribution < -0.4 is 9.64 Å². The highest BCUT2D eigenvalue weighted by molar-refractivity contribution is 6.28. The number of rotatable bonds is 7. The number of aromatic nitrogens is 3. The van der Waals surface area contributed by atoms with E-state index in [9.17, 15) is 17.6 Å². The number of hydrogen-bond donors (Lipinski definition) is 0. The Morgan fingerprint density at radius 2 is 1.80 bits per heavy atom. The highest BCUT2D eigenvalue weighted by Gasteiger charge is 2.42. The zero-order valence-electron chi connectivity index (χ0n) is 10.8. The van der Waals surface area contributed by atoms with Crippen molar-refractivity contribution in [2.45, 2.75) is 26.2 Å². The summed E-state index contributed by atoms with van der Waals surface area (Å²) in [4.78, 5) is 12.7. The van der Waals surface area contributed by atoms with Gasteiger partial charge in [0.25, 0.3) is 0 Å². The van der Waals surface area contributed by atoms with Gasteiger partial charge < -0.3 is 9.64 Å². The molecule has 0 N–H and O–H groups in total. The lowest BCUT2D eigenvalue weighted by atomic mass is 10.4. The Kier molecular flexibility index (Phi) is 5.73. The fourth-order valence-electron chi connectivity index (χ4n) is 1.26. The summed E-state index contributed by atoms with van der Waals surface area (Å²) in [6.45, 7) is 3.20. The van der Waals surface area contributed by atoms with E-state index in [0.717, 1.165) is 0 Å². The molecule has 0 saturated carbocycles. The van der Waals surface area contributed by atoms with Crippen LogP contribution in [0.2, 0.25) is 5.28 Å². The van der Waals surface area contributed by atoms with Gasteiger partial charge in [-0.3, -0.25) is 0 Å². The molecule has 0 spiro atoms. The van der Waals surface area contributed by atoms with Crippen molar-refractivity contribution in [3.63, 3.8) is 0 Å². The molecule has 1 rings (SSSR count). The third-order valence-electron chi connectivity index (χ3n) is 2.34. The molecule has 1 aromatic heterocycles. The van der Waals surface area contributed by atoms with Crippen molar-refractivity contribution in [1.29, 1.82) is 0 Å². The highest BCUT2D eigenvalue weighted by Crippen LogP contribution is 2.24. The predicted molar refractivity (Wildman–Crippen MR) is 64.8 cm³/mol. The van der Waals surface area contributed by atoms with Crippen LogP contribution in [-0.4, -0.2) is 47.0 Å². The largest absolute Gasteiger partial charge is 0.457 e. The quantitative estimate of drug-likeness (QED) is 0.724. The fraction of sp³-hybridized carbons (Fsp3) is 0.700. The van der Waals surface area contributed by atoms with Gasteiger partial charge in [-0.25, -0.2) is 8.78 Å². The van der Waals surface area contributed by atoms with Gasteiger partial charge in [-0.15, -0.1) is 0 Å². The SMILES string of the molecule is CCN(CC)c1nc(Cl)nc(OCC(F)(F)C(F)F)n1. The van der Waals surface area contributed by atoms with Gasteiger partial charge in [0.15, 0.2) is 6.61 Å². The first kappa shape index (κ1) is 16.7. The molecule has 0 amide bonds. The molecule has 5 nitrogen and oxygen atoms in total. The van der Waals surface area contributed by atoms with Crippen molar-refractivity contribution >= 4 is 17.5 Å². The van der Waals surface area contributed by atoms with E-state index >= 15 is 0 Å². The molecule has 10 heteroatoms. The molecule has 0 aliphatic carbocycles. The van der Waals surface area contributed by atoms with Crippen LogP contribution in [0.1, 0.15) is 13.8 Å². The van der Waals surface area contributed by atoms with Crippen LogP contribution in [0, 0.1) is 0 Å². The van der Waals surface area contributed by atoms with E-state index in [1.165, 1.54) is 0 Å². The Morgan fingerprint density at radius 3 is 2.30 bits per heavy atom. The second kappa shape index (κ2) is 6.87. The first-order valence-corrected chi connectivity index (χ1v) is 6.13. The third kappa shape index (κ3) is 4.32. The van der Waals surface area contributed by atoms with Gasteiger partial charge in [0.1, 0.15) is 0 Å². The Labute approximate surface area is 117 Å². The average molecular weight is 317 g/mol. The summed E-state index contributed by atoms with van der Waals surface area (Å²) in [6, 6.07) is -0.521. The number of ether oxygens (including phenoxy) is 1. The standard InChI is InChI=1S/C10H13ClF4N4O/c1-3-19(4-2)8-16-7(11)17-9(18-8)20-5-10(14,15)6(12)13/h6H,3-5H2,1-2H3. The molecule has 114 valence electrons. The van der Waals surface area contributed by atoms with Crippen LogP contribution in [0.3, 0.4) is 0 Å². The van der Waals surface area contributed by atoms with Crippen LogP contribution in [-0.2, 0) is 0 Å². The molecular weight excluding hydrogens is 304 g/mol. The molecule has 0 atom stereocenters. The van der Waals surface area contributed by atoms with E-state index in [4.69, 9.17) is 11.6 Å². The molecule has 0 aliphatic rings. The van der Waals surface area contributed by atoms with Gasteiger partial charge in [-0.2, -0.15) is 23.7 Å². The lowest BCUT2D eigenvalue weighted by Crippen LogP contribution is -2.34. The van der Waals surface area contributed by atoms with Crippen molar-refractivity contribution in [3.05, 3.63) is 5.28 Å². The van der Waals surface area contributed by atoms with Crippen LogP contribution in [0.4, 0.5) is 23.5 Å². The van der Waals surface area contributed by atoms with Crippen molar-refractivity contribution in [3.8, 4) is 6.01 Å². The lowest BCUT2D eigenvalue weighted by molar-refractivity contribution is -0.149. The van der Waals surface area contributed by atoms with E-state index < -0.39 is 25.0 Å². The van der Waals surface area contributed by atoms with Crippen molar-refractivity contribution < 1.29 is 22.3 Å². The van der Waals surface area contributed by atoms with Crippen LogP contribution in [0.5, 0.6) is 6.01 Å². The van der Waals surface area contributed by atoms with E-state index in [-0.39, 0.29) is 11.2 Å². The summed E-state index contributed by atoms with van der Waals surface area (Å²) in [6.07, 6.45) is -3.83. The lowest BCUT2D eigenvalue weighted by Gasteiger charge is -2.19. The summed E-state index contributed by atoms with van der Waals surface area (Å²) in [7, 11) is 0. The van der Waals surface area contributed by atoms with E-state index in [1.807, 2.05) is 13.8 Å². The highest BCUT2D eigenvalue weighted by atomic mass is 35.5. The monoisotopic (exact) mass is 316 g/mol. The summed E-state index contributed by atoms with van der Waals surface area (Å²) in [5.41, 5.74) is 0. The molecule has 0 unspecified atom stereocenters. The number of halogens is 5. The van der Waals surface area contributed by atoms with Crippen molar-refractivity contribution in [2.24, 2.45) is 0 Å². The minimum absolute atomic E-state index is 0.130. The van der Waals surface area contributed by atoms with Crippen molar-refractivity contribution in [1.82, 2.24) is 15.0 Å². The molecule has 0 radical (unpaired) electrons. The first-order chi connectivity index (χ1) is 9.30. The van der Waals surface area contributed by atoms with Gasteiger partial charge in [0.05, 0.1) is 0 Å². The third-order valence-corrected chi connectivity index (χ3v) is 2.50. The molecule has 20 heavy (non-hydrogen) atoms. The van der Waals surface area contributed by atoms with Gasteiger partial charge in [-0.1, -0.05) is 0 Å². The number of hydrogen-bond acceptors (Lipinski definition) is 5. The van der Waals surface area contributed by atoms with E-state index in [0.29, 0.717) is 13.1 Å². The maximum Gasteiger partial charge on any atom is 0.340 e. The molecule has 1 heterocycles. The fourth-order valence-corrected chi connectivity index (χ4v) is 1.41. The Balaban J connectivity index is 2.86. The summed E-state index contributed by atoms with van der Waals surface area (Å²) < 4.78 is 53.9. The predicted octanol–water partition coefficient (Wildman–Crippen LogP) is 2.65. The van der Waals surface area contributed by atoms with Crippen LogP contribution in [0.25, 0.3) is 0 Å². The Hall–Kier alpha value is -1.38. The van der Waals surface area contributed by atoms with Gasteiger partial charge in [0, 0.05) is 13.1 Å². The maximum absolute atomic E-state index is 12.7. The average Bonchev–Trinajstić information content (AvgIpc) is 2.37. The van der Waals surface area contributed by atoms with E-state index in [1.54, 1.807) is 4.90 Å². The zero-order chi connectivity index (χ0) is 15.3. The minimum Gasteiger partial charge on any atom is -0.457 e. The van der Waals surface area contributed by atoms with E-state index in [2.05, 4.69) is 19.7 Å². The molecule has 1 aromatic rings. The second-order valence-corrected chi connectivity index (χ2v) is 4.05. The molecule has 0 aromatic carbocycles. The minimum atomic E-state index is -4.28. The molecular formula is C10H13ClF4N4O. The molecule has 0 aliphatic heterocycles. The molecule has 0 fully saturated rings. The van der Waals surface area contributed by atoms with Crippen LogP contribution in [0.15, 0.2) is 0 Å². The molecule has 0 saturated heterocycles. The van der Waals surface area contributed by atoms with Gasteiger partial charge in [-0.05, 0) is 25.4 Å². The van der Waals surface area contributed by atoms with Gasteiger partial charge >= 0.3 is 18.4 Å². The summed E-state index contributed by atoms with van der Waals surface area (Å²) in [5.74, 6) is -4.15. The van der Waals surface area contributed by atoms with Crippen LogP contribution >= 0.6 is 11.6 Å². The maximum atomic E-state index is 12.7. The number of nitrogens with zero attached hydrogens (tertiary/aromatic N) is 4. The summed E-state index contributed by atoms with van der Waals surface area (Å²) in [5, 5.41) is -0.266. The van der Waals surface area contributed by atoms with Gasteiger partial charge in [0.2, 0.25) is 11.2 Å². The smallest absolute Gasteiger partial charge is 0.340 e. The Morgan fingerprint density at radius 1 is 1.20 bits per heavy atom.